The molecule has 0 aliphatic heterocycles. The molecule has 0 atom stereocenters. The van der Waals surface area contributed by atoms with Gasteiger partial charge in [-0.25, -0.2) is 4.39 Å². The summed E-state index contributed by atoms with van der Waals surface area (Å²) in [4.78, 5) is 0. The van der Waals surface area contributed by atoms with E-state index in [2.05, 4.69) is 5.32 Å². The maximum Gasteiger partial charge on any atom is 0.418 e. The Morgan fingerprint density at radius 2 is 1.81 bits per heavy atom. The van der Waals surface area contributed by atoms with Gasteiger partial charge in [0.25, 0.3) is 0 Å². The van der Waals surface area contributed by atoms with Gasteiger partial charge in [0.05, 0.1) is 11.1 Å². The van der Waals surface area contributed by atoms with Gasteiger partial charge in [-0.1, -0.05) is 18.2 Å². The van der Waals surface area contributed by atoms with Crippen molar-refractivity contribution in [3.63, 3.8) is 0 Å². The molecular weight excluding hydrogens is 284 g/mol. The highest BCUT2D eigenvalue weighted by atomic mass is 19.4. The van der Waals surface area contributed by atoms with E-state index in [-0.39, 0.29) is 17.8 Å². The van der Waals surface area contributed by atoms with Crippen LogP contribution in [0.1, 0.15) is 16.7 Å². The van der Waals surface area contributed by atoms with E-state index in [1.165, 1.54) is 30.3 Å². The smallest absolute Gasteiger partial charge is 0.380 e. The van der Waals surface area contributed by atoms with E-state index in [1.807, 2.05) is 0 Å². The zero-order valence-electron chi connectivity index (χ0n) is 10.7. The lowest BCUT2D eigenvalue weighted by Crippen LogP contribution is -2.10. The van der Waals surface area contributed by atoms with E-state index in [9.17, 15) is 17.6 Å². The Kier molecular flexibility index (Phi) is 4.13. The number of anilines is 1. The van der Waals surface area contributed by atoms with Crippen LogP contribution >= 0.6 is 0 Å². The summed E-state index contributed by atoms with van der Waals surface area (Å²) in [5.41, 5.74) is -0.455. The Bertz CT molecular complexity index is 687. The third-order valence-corrected chi connectivity index (χ3v) is 2.87. The quantitative estimate of drug-likeness (QED) is 0.855. The first-order valence-electron chi connectivity index (χ1n) is 6.00. The Morgan fingerprint density at radius 1 is 1.10 bits per heavy atom. The molecular formula is C15H10F4N2. The molecule has 0 saturated carbocycles. The summed E-state index contributed by atoms with van der Waals surface area (Å²) in [6, 6.07) is 10.6. The Morgan fingerprint density at radius 3 is 2.48 bits per heavy atom. The minimum Gasteiger partial charge on any atom is -0.380 e. The maximum absolute atomic E-state index is 13.2. The van der Waals surface area contributed by atoms with Crippen molar-refractivity contribution < 1.29 is 17.6 Å². The molecule has 108 valence electrons. The summed E-state index contributed by atoms with van der Waals surface area (Å²) in [6.07, 6.45) is -4.45. The van der Waals surface area contributed by atoms with Gasteiger partial charge in [0.1, 0.15) is 11.9 Å². The summed E-state index contributed by atoms with van der Waals surface area (Å²) in [7, 11) is 0. The van der Waals surface area contributed by atoms with Gasteiger partial charge in [-0.05, 0) is 29.8 Å². The van der Waals surface area contributed by atoms with Crippen LogP contribution in [-0.2, 0) is 12.7 Å². The first-order valence-corrected chi connectivity index (χ1v) is 6.00. The third-order valence-electron chi connectivity index (χ3n) is 2.87. The summed E-state index contributed by atoms with van der Waals surface area (Å²) in [6.45, 7) is 0.0576. The summed E-state index contributed by atoms with van der Waals surface area (Å²) in [5.74, 6) is -0.656. The van der Waals surface area contributed by atoms with Gasteiger partial charge in [-0.2, -0.15) is 18.4 Å². The number of hydrogen-bond acceptors (Lipinski definition) is 2. The first kappa shape index (κ1) is 14.9. The molecule has 0 unspecified atom stereocenters. The van der Waals surface area contributed by atoms with Crippen LogP contribution in [0, 0.1) is 17.1 Å². The molecule has 21 heavy (non-hydrogen) atoms. The lowest BCUT2D eigenvalue weighted by atomic mass is 10.1. The molecule has 0 bridgehead atoms. The van der Waals surface area contributed by atoms with Gasteiger partial charge in [0, 0.05) is 12.2 Å². The third kappa shape index (κ3) is 3.51. The van der Waals surface area contributed by atoms with Crippen molar-refractivity contribution in [2.75, 3.05) is 5.32 Å². The van der Waals surface area contributed by atoms with Crippen LogP contribution in [0.3, 0.4) is 0 Å². The van der Waals surface area contributed by atoms with Crippen LogP contribution in [0.4, 0.5) is 23.2 Å². The SMILES string of the molecule is N#Cc1cc(CNc2ccccc2C(F)(F)F)ccc1F. The number of nitrogens with zero attached hydrogens (tertiary/aromatic N) is 1. The number of hydrogen-bond donors (Lipinski definition) is 1. The monoisotopic (exact) mass is 294 g/mol. The van der Waals surface area contributed by atoms with Crippen molar-refractivity contribution in [3.05, 3.63) is 65.0 Å². The molecule has 0 amide bonds. The molecule has 1 N–H and O–H groups in total. The molecule has 2 nitrogen and oxygen atoms in total. The van der Waals surface area contributed by atoms with Crippen molar-refractivity contribution in [2.24, 2.45) is 0 Å². The Hall–Kier alpha value is -2.55. The van der Waals surface area contributed by atoms with Crippen LogP contribution in [0.25, 0.3) is 0 Å². The highest BCUT2D eigenvalue weighted by molar-refractivity contribution is 5.53. The van der Waals surface area contributed by atoms with Gasteiger partial charge in [-0.15, -0.1) is 0 Å². The molecule has 2 aromatic rings. The highest BCUT2D eigenvalue weighted by Gasteiger charge is 2.32. The van der Waals surface area contributed by atoms with Gasteiger partial charge >= 0.3 is 6.18 Å². The molecule has 0 aliphatic rings. The summed E-state index contributed by atoms with van der Waals surface area (Å²) < 4.78 is 51.6. The first-order chi connectivity index (χ1) is 9.91. The molecule has 2 aromatic carbocycles. The van der Waals surface area contributed by atoms with E-state index in [0.29, 0.717) is 5.56 Å². The molecule has 0 radical (unpaired) electrons. The van der Waals surface area contributed by atoms with Crippen LogP contribution < -0.4 is 5.32 Å². The van der Waals surface area contributed by atoms with Crippen molar-refractivity contribution in [1.82, 2.24) is 0 Å². The molecule has 0 aromatic heterocycles. The minimum atomic E-state index is -4.45. The van der Waals surface area contributed by atoms with Gasteiger partial charge in [0.2, 0.25) is 0 Å². The van der Waals surface area contributed by atoms with E-state index >= 15 is 0 Å². The second kappa shape index (κ2) is 5.83. The maximum atomic E-state index is 13.2. The standard InChI is InChI=1S/C15H10F4N2/c16-13-6-5-10(7-11(13)8-20)9-21-14-4-2-1-3-12(14)15(17,18)19/h1-7,21H,9H2. The Balaban J connectivity index is 2.20. The fourth-order valence-electron chi connectivity index (χ4n) is 1.85. The fourth-order valence-corrected chi connectivity index (χ4v) is 1.85. The van der Waals surface area contributed by atoms with Crippen LogP contribution in [0.5, 0.6) is 0 Å². The number of nitriles is 1. The van der Waals surface area contributed by atoms with E-state index in [1.54, 1.807) is 6.07 Å². The van der Waals surface area contributed by atoms with Crippen LogP contribution in [-0.4, -0.2) is 0 Å². The fraction of sp³-hybridized carbons (Fsp3) is 0.133. The average Bonchev–Trinajstić information content (AvgIpc) is 2.45. The molecule has 6 heteroatoms. The molecule has 0 spiro atoms. The molecule has 0 heterocycles. The van der Waals surface area contributed by atoms with Gasteiger partial charge in [-0.3, -0.25) is 0 Å². The molecule has 2 rings (SSSR count). The molecule has 0 fully saturated rings. The highest BCUT2D eigenvalue weighted by Crippen LogP contribution is 2.34. The number of para-hydroxylation sites is 1. The van der Waals surface area contributed by atoms with Crippen molar-refractivity contribution in [1.29, 1.82) is 5.26 Å². The summed E-state index contributed by atoms with van der Waals surface area (Å²) in [5, 5.41) is 11.4. The minimum absolute atomic E-state index is 0.0576. The molecule has 0 aliphatic carbocycles. The largest absolute Gasteiger partial charge is 0.418 e. The number of halogens is 4. The predicted octanol–water partition coefficient (Wildman–Crippen LogP) is 4.33. The number of alkyl halides is 3. The van der Waals surface area contributed by atoms with Crippen molar-refractivity contribution in [2.45, 2.75) is 12.7 Å². The lowest BCUT2D eigenvalue weighted by molar-refractivity contribution is -0.136. The average molecular weight is 294 g/mol. The van der Waals surface area contributed by atoms with Crippen molar-refractivity contribution >= 4 is 5.69 Å². The van der Waals surface area contributed by atoms with E-state index in [4.69, 9.17) is 5.26 Å². The normalized spacial score (nSPS) is 11.0. The molecule has 0 saturated heterocycles. The van der Waals surface area contributed by atoms with Crippen molar-refractivity contribution in [3.8, 4) is 6.07 Å². The Labute approximate surface area is 118 Å². The van der Waals surface area contributed by atoms with Crippen LogP contribution in [0.2, 0.25) is 0 Å². The second-order valence-corrected chi connectivity index (χ2v) is 4.32. The zero-order valence-corrected chi connectivity index (χ0v) is 10.7. The zero-order chi connectivity index (χ0) is 15.5. The number of rotatable bonds is 3. The number of benzene rings is 2. The second-order valence-electron chi connectivity index (χ2n) is 4.32. The van der Waals surface area contributed by atoms with Crippen LogP contribution in [0.15, 0.2) is 42.5 Å². The van der Waals surface area contributed by atoms with Gasteiger partial charge < -0.3 is 5.32 Å². The predicted molar refractivity (Wildman–Crippen MR) is 69.9 cm³/mol. The van der Waals surface area contributed by atoms with E-state index < -0.39 is 17.6 Å². The van der Waals surface area contributed by atoms with E-state index in [0.717, 1.165) is 12.1 Å². The topological polar surface area (TPSA) is 35.8 Å². The summed E-state index contributed by atoms with van der Waals surface area (Å²) >= 11 is 0. The lowest BCUT2D eigenvalue weighted by Gasteiger charge is -2.14. The van der Waals surface area contributed by atoms with Gasteiger partial charge in [0.15, 0.2) is 0 Å². The number of nitrogens with one attached hydrogen (secondary N) is 1.